The summed E-state index contributed by atoms with van der Waals surface area (Å²) in [5.74, 6) is -0.765. The highest BCUT2D eigenvalue weighted by Crippen LogP contribution is 2.19. The van der Waals surface area contributed by atoms with Crippen LogP contribution in [-0.2, 0) is 22.5 Å². The minimum Gasteiger partial charge on any atom is -0.449 e. The third-order valence-corrected chi connectivity index (χ3v) is 4.32. The van der Waals surface area contributed by atoms with Crippen LogP contribution in [0.25, 0.3) is 0 Å². The van der Waals surface area contributed by atoms with E-state index in [1.165, 1.54) is 17.7 Å². The zero-order valence-corrected chi connectivity index (χ0v) is 13.9. The van der Waals surface area contributed by atoms with Crippen LogP contribution in [0.4, 0.5) is 0 Å². The average Bonchev–Trinajstić information content (AvgIpc) is 2.67. The predicted molar refractivity (Wildman–Crippen MR) is 91.6 cm³/mol. The van der Waals surface area contributed by atoms with E-state index in [9.17, 15) is 9.59 Å². The Hall–Kier alpha value is -3.13. The Morgan fingerprint density at radius 2 is 1.80 bits per heavy atom. The molecule has 0 saturated carbocycles. The Balaban J connectivity index is 1.63. The van der Waals surface area contributed by atoms with E-state index < -0.39 is 12.1 Å². The molecule has 0 unspecified atom stereocenters. The fourth-order valence-electron chi connectivity index (χ4n) is 2.90. The molecule has 1 aliphatic heterocycles. The van der Waals surface area contributed by atoms with E-state index >= 15 is 0 Å². The molecule has 0 aromatic heterocycles. The highest BCUT2D eigenvalue weighted by atomic mass is 16.5. The van der Waals surface area contributed by atoms with Crippen molar-refractivity contribution in [3.8, 4) is 6.07 Å². The van der Waals surface area contributed by atoms with Crippen LogP contribution in [0.3, 0.4) is 0 Å². The van der Waals surface area contributed by atoms with Gasteiger partial charge in [0.1, 0.15) is 0 Å². The average molecular weight is 334 g/mol. The third-order valence-electron chi connectivity index (χ3n) is 4.32. The Morgan fingerprint density at radius 1 is 1.12 bits per heavy atom. The van der Waals surface area contributed by atoms with E-state index in [2.05, 4.69) is 6.07 Å². The Labute approximate surface area is 146 Å². The molecule has 1 heterocycles. The molecular weight excluding hydrogens is 316 g/mol. The first-order valence-corrected chi connectivity index (χ1v) is 8.15. The molecule has 1 amide bonds. The quantitative estimate of drug-likeness (QED) is 0.809. The Bertz CT molecular complexity index is 837. The number of esters is 1. The summed E-state index contributed by atoms with van der Waals surface area (Å²) in [5.41, 5.74) is 3.18. The normalized spacial score (nSPS) is 14.2. The maximum absolute atomic E-state index is 12.6. The molecule has 0 radical (unpaired) electrons. The minimum absolute atomic E-state index is 0.198. The molecule has 0 saturated heterocycles. The number of carbonyl (C=O) groups excluding carboxylic acids is 2. The second-order valence-corrected chi connectivity index (χ2v) is 6.02. The van der Waals surface area contributed by atoms with Crippen LogP contribution in [0.5, 0.6) is 0 Å². The molecule has 25 heavy (non-hydrogen) atoms. The number of hydrogen-bond donors (Lipinski definition) is 0. The summed E-state index contributed by atoms with van der Waals surface area (Å²) in [5, 5.41) is 8.78. The van der Waals surface area contributed by atoms with Crippen molar-refractivity contribution in [2.75, 3.05) is 6.54 Å². The number of fused-ring (bicyclic) bond motifs is 1. The molecule has 1 atom stereocenters. The number of nitrogens with zero attached hydrogens (tertiary/aromatic N) is 2. The zero-order chi connectivity index (χ0) is 17.8. The fourth-order valence-corrected chi connectivity index (χ4v) is 2.90. The van der Waals surface area contributed by atoms with E-state index in [0.717, 1.165) is 12.0 Å². The first-order chi connectivity index (χ1) is 12.1. The molecule has 5 heteroatoms. The van der Waals surface area contributed by atoms with Gasteiger partial charge in [0.2, 0.25) is 0 Å². The van der Waals surface area contributed by atoms with Crippen molar-refractivity contribution in [2.45, 2.75) is 26.0 Å². The number of nitriles is 1. The number of hydrogen-bond acceptors (Lipinski definition) is 4. The summed E-state index contributed by atoms with van der Waals surface area (Å²) >= 11 is 0. The van der Waals surface area contributed by atoms with Gasteiger partial charge in [-0.2, -0.15) is 5.26 Å². The standard InChI is InChI=1S/C20H18N2O3/c1-14(25-20(24)17-8-6-15(12-21)7-9-17)19(23)22-11-10-16-4-2-3-5-18(16)13-22/h2-9,14H,10-11,13H2,1H3/t14-/m1/s1. The fraction of sp³-hybridized carbons (Fsp3) is 0.250. The number of ether oxygens (including phenoxy) is 1. The van der Waals surface area contributed by atoms with Crippen LogP contribution < -0.4 is 0 Å². The monoisotopic (exact) mass is 334 g/mol. The van der Waals surface area contributed by atoms with E-state index in [-0.39, 0.29) is 5.91 Å². The van der Waals surface area contributed by atoms with E-state index in [1.807, 2.05) is 24.3 Å². The molecule has 2 aromatic carbocycles. The SMILES string of the molecule is C[C@@H](OC(=O)c1ccc(C#N)cc1)C(=O)N1CCc2ccccc2C1. The molecule has 0 spiro atoms. The van der Waals surface area contributed by atoms with Gasteiger partial charge in [0, 0.05) is 13.1 Å². The molecule has 0 aliphatic carbocycles. The molecule has 0 fully saturated rings. The number of benzene rings is 2. The lowest BCUT2D eigenvalue weighted by atomic mass is 9.99. The van der Waals surface area contributed by atoms with E-state index in [4.69, 9.17) is 10.00 Å². The first kappa shape index (κ1) is 16.7. The summed E-state index contributed by atoms with van der Waals surface area (Å²) in [6.07, 6.45) is -0.0496. The van der Waals surface area contributed by atoms with Gasteiger partial charge in [-0.05, 0) is 48.7 Å². The predicted octanol–water partition coefficient (Wildman–Crippen LogP) is 2.69. The number of rotatable bonds is 3. The van der Waals surface area contributed by atoms with Crippen LogP contribution in [-0.4, -0.2) is 29.4 Å². The number of carbonyl (C=O) groups is 2. The zero-order valence-electron chi connectivity index (χ0n) is 13.9. The molecule has 5 nitrogen and oxygen atoms in total. The highest BCUT2D eigenvalue weighted by Gasteiger charge is 2.27. The van der Waals surface area contributed by atoms with E-state index in [0.29, 0.717) is 24.2 Å². The van der Waals surface area contributed by atoms with Gasteiger partial charge < -0.3 is 9.64 Å². The van der Waals surface area contributed by atoms with Crippen LogP contribution in [0.1, 0.15) is 34.0 Å². The lowest BCUT2D eigenvalue weighted by Gasteiger charge is -2.30. The van der Waals surface area contributed by atoms with Crippen molar-refractivity contribution in [2.24, 2.45) is 0 Å². The summed E-state index contributed by atoms with van der Waals surface area (Å²) in [7, 11) is 0. The van der Waals surface area contributed by atoms with Gasteiger partial charge in [-0.15, -0.1) is 0 Å². The summed E-state index contributed by atoms with van der Waals surface area (Å²) in [4.78, 5) is 26.5. The van der Waals surface area contributed by atoms with Crippen molar-refractivity contribution in [1.29, 1.82) is 5.26 Å². The van der Waals surface area contributed by atoms with Crippen molar-refractivity contribution < 1.29 is 14.3 Å². The molecule has 0 N–H and O–H groups in total. The summed E-state index contributed by atoms with van der Waals surface area (Å²) < 4.78 is 5.30. The van der Waals surface area contributed by atoms with Gasteiger partial charge in [-0.1, -0.05) is 24.3 Å². The molecule has 1 aliphatic rings. The van der Waals surface area contributed by atoms with Crippen LogP contribution in [0.15, 0.2) is 48.5 Å². The molecule has 126 valence electrons. The molecule has 2 aromatic rings. The maximum Gasteiger partial charge on any atom is 0.338 e. The molecule has 0 bridgehead atoms. The highest BCUT2D eigenvalue weighted by molar-refractivity contribution is 5.92. The topological polar surface area (TPSA) is 70.4 Å². The lowest BCUT2D eigenvalue weighted by Crippen LogP contribution is -2.42. The van der Waals surface area contributed by atoms with Crippen molar-refractivity contribution in [3.05, 3.63) is 70.8 Å². The van der Waals surface area contributed by atoms with Gasteiger partial charge in [-0.25, -0.2) is 4.79 Å². The summed E-state index contributed by atoms with van der Waals surface area (Å²) in [6, 6.07) is 16.2. The van der Waals surface area contributed by atoms with Crippen LogP contribution in [0, 0.1) is 11.3 Å². The van der Waals surface area contributed by atoms with E-state index in [1.54, 1.807) is 24.0 Å². The Morgan fingerprint density at radius 3 is 2.48 bits per heavy atom. The van der Waals surface area contributed by atoms with Crippen molar-refractivity contribution in [3.63, 3.8) is 0 Å². The molecular formula is C20H18N2O3. The van der Waals surface area contributed by atoms with Crippen LogP contribution >= 0.6 is 0 Å². The minimum atomic E-state index is -0.853. The van der Waals surface area contributed by atoms with Crippen LogP contribution in [0.2, 0.25) is 0 Å². The maximum atomic E-state index is 12.6. The largest absolute Gasteiger partial charge is 0.449 e. The Kier molecular flexibility index (Phi) is 4.80. The lowest BCUT2D eigenvalue weighted by molar-refractivity contribution is -0.140. The van der Waals surface area contributed by atoms with Gasteiger partial charge in [0.05, 0.1) is 17.2 Å². The second-order valence-electron chi connectivity index (χ2n) is 6.02. The second kappa shape index (κ2) is 7.18. The summed E-state index contributed by atoms with van der Waals surface area (Å²) in [6.45, 7) is 2.74. The third kappa shape index (κ3) is 3.69. The first-order valence-electron chi connectivity index (χ1n) is 8.15. The smallest absolute Gasteiger partial charge is 0.338 e. The van der Waals surface area contributed by atoms with Crippen molar-refractivity contribution >= 4 is 11.9 Å². The van der Waals surface area contributed by atoms with Gasteiger partial charge in [0.15, 0.2) is 6.10 Å². The van der Waals surface area contributed by atoms with Gasteiger partial charge in [-0.3, -0.25) is 4.79 Å². The number of amides is 1. The molecule has 3 rings (SSSR count). The van der Waals surface area contributed by atoms with Gasteiger partial charge >= 0.3 is 5.97 Å². The van der Waals surface area contributed by atoms with Crippen molar-refractivity contribution in [1.82, 2.24) is 4.90 Å². The van der Waals surface area contributed by atoms with Gasteiger partial charge in [0.25, 0.3) is 5.91 Å².